The van der Waals surface area contributed by atoms with Crippen LogP contribution in [0.3, 0.4) is 0 Å². The largest absolute Gasteiger partial charge is 0.135 e. The molecular formula is C39H26S3. The molecule has 0 amide bonds. The zero-order chi connectivity index (χ0) is 28.0. The molecule has 9 rings (SSSR count). The summed E-state index contributed by atoms with van der Waals surface area (Å²) < 4.78 is 2.71. The van der Waals surface area contributed by atoms with E-state index in [1.165, 1.54) is 84.3 Å². The van der Waals surface area contributed by atoms with Crippen LogP contribution in [0.15, 0.2) is 141 Å². The first-order valence-electron chi connectivity index (χ1n) is 14.3. The van der Waals surface area contributed by atoms with Gasteiger partial charge in [-0.2, -0.15) is 0 Å². The summed E-state index contributed by atoms with van der Waals surface area (Å²) in [6.07, 6.45) is 0. The van der Waals surface area contributed by atoms with Gasteiger partial charge in [-0.25, -0.2) is 0 Å². The van der Waals surface area contributed by atoms with Gasteiger partial charge in [0.05, 0.1) is 0 Å². The molecule has 2 aliphatic rings. The number of benzene rings is 6. The summed E-state index contributed by atoms with van der Waals surface area (Å²) in [5.74, 6) is 0. The van der Waals surface area contributed by atoms with Crippen molar-refractivity contribution in [2.45, 2.75) is 38.8 Å². The Bertz CT molecular complexity index is 2230. The molecule has 1 aliphatic carbocycles. The van der Waals surface area contributed by atoms with Crippen LogP contribution in [-0.2, 0) is 5.41 Å². The van der Waals surface area contributed by atoms with Crippen LogP contribution in [0, 0.1) is 0 Å². The maximum absolute atomic E-state index is 2.46. The highest BCUT2D eigenvalue weighted by Crippen LogP contribution is 2.56. The molecule has 42 heavy (non-hydrogen) atoms. The SMILES string of the molecule is CC1(C)c2ccc(-c3cccc(-c4cccc5c4sc4ccccc45)c3)cc2-c2cc3c(cc21)Sc1ccccc1S3. The van der Waals surface area contributed by atoms with Crippen LogP contribution >= 0.6 is 34.9 Å². The highest BCUT2D eigenvalue weighted by atomic mass is 32.2. The van der Waals surface area contributed by atoms with Gasteiger partial charge in [-0.1, -0.05) is 116 Å². The first kappa shape index (κ1) is 24.8. The second-order valence-corrected chi connectivity index (χ2v) is 15.0. The molecule has 3 heteroatoms. The van der Waals surface area contributed by atoms with Gasteiger partial charge in [0.25, 0.3) is 0 Å². The maximum atomic E-state index is 2.46. The van der Waals surface area contributed by atoms with E-state index >= 15 is 0 Å². The smallest absolute Gasteiger partial charge is 0.0433 e. The fourth-order valence-electron chi connectivity index (χ4n) is 6.79. The molecular weight excluding hydrogens is 565 g/mol. The van der Waals surface area contributed by atoms with Gasteiger partial charge in [0.2, 0.25) is 0 Å². The van der Waals surface area contributed by atoms with Crippen LogP contribution in [0.4, 0.5) is 0 Å². The Morgan fingerprint density at radius 3 is 1.98 bits per heavy atom. The zero-order valence-electron chi connectivity index (χ0n) is 23.3. The molecule has 0 unspecified atom stereocenters. The van der Waals surface area contributed by atoms with Crippen molar-refractivity contribution in [3.05, 3.63) is 132 Å². The van der Waals surface area contributed by atoms with Crippen LogP contribution in [-0.4, -0.2) is 0 Å². The molecule has 7 aromatic rings. The lowest BCUT2D eigenvalue weighted by Crippen LogP contribution is -2.15. The lowest BCUT2D eigenvalue weighted by molar-refractivity contribution is 0.657. The highest BCUT2D eigenvalue weighted by molar-refractivity contribution is 8.05. The van der Waals surface area contributed by atoms with E-state index in [2.05, 4.69) is 135 Å². The van der Waals surface area contributed by atoms with E-state index in [4.69, 9.17) is 0 Å². The van der Waals surface area contributed by atoms with Crippen LogP contribution in [0.1, 0.15) is 25.0 Å². The molecule has 0 saturated carbocycles. The molecule has 0 spiro atoms. The van der Waals surface area contributed by atoms with Crippen LogP contribution < -0.4 is 0 Å². The zero-order valence-corrected chi connectivity index (χ0v) is 25.7. The lowest BCUT2D eigenvalue weighted by atomic mass is 9.82. The molecule has 0 fully saturated rings. The minimum Gasteiger partial charge on any atom is -0.135 e. The Hall–Kier alpha value is -3.76. The predicted octanol–water partition coefficient (Wildman–Crippen LogP) is 12.3. The van der Waals surface area contributed by atoms with Crippen molar-refractivity contribution in [3.63, 3.8) is 0 Å². The summed E-state index contributed by atoms with van der Waals surface area (Å²) in [6.45, 7) is 4.76. The Labute approximate surface area is 258 Å². The van der Waals surface area contributed by atoms with Gasteiger partial charge in [-0.3, -0.25) is 0 Å². The van der Waals surface area contributed by atoms with E-state index in [9.17, 15) is 0 Å². The predicted molar refractivity (Wildman–Crippen MR) is 182 cm³/mol. The molecule has 0 bridgehead atoms. The third-order valence-corrected chi connectivity index (χ3v) is 12.7. The standard InChI is InChI=1S/C39H26S3/c1-39(2)31-18-17-24(20-29(31)30-21-36-37(22-32(30)39)41-35-16-6-5-15-34(35)40-36)23-9-7-10-25(19-23)26-12-8-13-28-27-11-3-4-14-33(27)42-38(26)28/h3-22H,1-2H3. The van der Waals surface area contributed by atoms with Crippen molar-refractivity contribution >= 4 is 55.0 Å². The van der Waals surface area contributed by atoms with Crippen LogP contribution in [0.2, 0.25) is 0 Å². The number of hydrogen-bond donors (Lipinski definition) is 0. The average Bonchev–Trinajstić information content (AvgIpc) is 3.51. The van der Waals surface area contributed by atoms with Crippen molar-refractivity contribution in [3.8, 4) is 33.4 Å². The maximum Gasteiger partial charge on any atom is 0.0433 e. The molecule has 1 aromatic heterocycles. The van der Waals surface area contributed by atoms with Crippen LogP contribution in [0.25, 0.3) is 53.6 Å². The normalized spacial score (nSPS) is 14.4. The number of thiophene rings is 1. The molecule has 0 N–H and O–H groups in total. The topological polar surface area (TPSA) is 0 Å². The number of rotatable bonds is 2. The Balaban J connectivity index is 1.16. The van der Waals surface area contributed by atoms with Gasteiger partial charge in [-0.05, 0) is 87.0 Å². The van der Waals surface area contributed by atoms with E-state index < -0.39 is 0 Å². The van der Waals surface area contributed by atoms with E-state index in [0.29, 0.717) is 0 Å². The minimum absolute atomic E-state index is 0.0287. The molecule has 0 atom stereocenters. The lowest BCUT2D eigenvalue weighted by Gasteiger charge is -2.24. The number of hydrogen-bond acceptors (Lipinski definition) is 3. The summed E-state index contributed by atoms with van der Waals surface area (Å²) in [4.78, 5) is 5.45. The quantitative estimate of drug-likeness (QED) is 0.196. The molecule has 200 valence electrons. The third kappa shape index (κ3) is 3.64. The second-order valence-electron chi connectivity index (χ2n) is 11.7. The summed E-state index contributed by atoms with van der Waals surface area (Å²) in [7, 11) is 0. The van der Waals surface area contributed by atoms with Gasteiger partial charge in [-0.15, -0.1) is 11.3 Å². The summed E-state index contributed by atoms with van der Waals surface area (Å²) in [5, 5.41) is 2.69. The van der Waals surface area contributed by atoms with Gasteiger partial charge < -0.3 is 0 Å². The molecule has 0 saturated heterocycles. The summed E-state index contributed by atoms with van der Waals surface area (Å²) in [6, 6.07) is 45.4. The molecule has 6 aromatic carbocycles. The van der Waals surface area contributed by atoms with Crippen LogP contribution in [0.5, 0.6) is 0 Å². The fraction of sp³-hybridized carbons (Fsp3) is 0.0769. The fourth-order valence-corrected chi connectivity index (χ4v) is 10.3. The first-order chi connectivity index (χ1) is 20.5. The van der Waals surface area contributed by atoms with Crippen molar-refractivity contribution in [1.82, 2.24) is 0 Å². The van der Waals surface area contributed by atoms with Gasteiger partial charge in [0.1, 0.15) is 0 Å². The van der Waals surface area contributed by atoms with Crippen molar-refractivity contribution in [1.29, 1.82) is 0 Å². The minimum atomic E-state index is -0.0287. The van der Waals surface area contributed by atoms with Crippen molar-refractivity contribution in [2.75, 3.05) is 0 Å². The van der Waals surface area contributed by atoms with Gasteiger partial charge in [0.15, 0.2) is 0 Å². The van der Waals surface area contributed by atoms with E-state index in [-0.39, 0.29) is 5.41 Å². The van der Waals surface area contributed by atoms with Crippen molar-refractivity contribution < 1.29 is 0 Å². The second kappa shape index (κ2) is 9.12. The van der Waals surface area contributed by atoms with E-state index in [0.717, 1.165) is 0 Å². The average molecular weight is 591 g/mol. The molecule has 0 radical (unpaired) electrons. The summed E-state index contributed by atoms with van der Waals surface area (Å²) in [5.41, 5.74) is 10.7. The van der Waals surface area contributed by atoms with E-state index in [1.807, 2.05) is 34.9 Å². The van der Waals surface area contributed by atoms with E-state index in [1.54, 1.807) is 0 Å². The third-order valence-electron chi connectivity index (χ3n) is 8.94. The highest BCUT2D eigenvalue weighted by Gasteiger charge is 2.37. The molecule has 0 nitrogen and oxygen atoms in total. The first-order valence-corrected chi connectivity index (χ1v) is 16.8. The van der Waals surface area contributed by atoms with Gasteiger partial charge in [0, 0.05) is 45.2 Å². The summed E-state index contributed by atoms with van der Waals surface area (Å²) >= 11 is 5.71. The molecule has 2 heterocycles. The Kier molecular flexibility index (Phi) is 5.38. The monoisotopic (exact) mass is 590 g/mol. The van der Waals surface area contributed by atoms with Gasteiger partial charge >= 0.3 is 0 Å². The van der Waals surface area contributed by atoms with Crippen molar-refractivity contribution in [2.24, 2.45) is 0 Å². The molecule has 1 aliphatic heterocycles. The number of fused-ring (bicyclic) bond motifs is 8. The Morgan fingerprint density at radius 2 is 1.12 bits per heavy atom. The Morgan fingerprint density at radius 1 is 0.452 bits per heavy atom.